The van der Waals surface area contributed by atoms with Gasteiger partial charge in [-0.1, -0.05) is 18.0 Å². The number of nitriles is 1. The summed E-state index contributed by atoms with van der Waals surface area (Å²) in [6.45, 7) is 8.31. The third-order valence-electron chi connectivity index (χ3n) is 7.10. The Kier molecular flexibility index (Phi) is 8.07. The molecule has 10 heteroatoms. The van der Waals surface area contributed by atoms with Crippen LogP contribution in [0.3, 0.4) is 0 Å². The first kappa shape index (κ1) is 27.3. The molecule has 6 nitrogen and oxygen atoms in total. The molecule has 37 heavy (non-hydrogen) atoms. The predicted molar refractivity (Wildman–Crippen MR) is 140 cm³/mol. The van der Waals surface area contributed by atoms with Crippen molar-refractivity contribution < 1.29 is 22.7 Å². The Labute approximate surface area is 218 Å². The molecule has 0 radical (unpaired) electrons. The number of halogens is 3. The molecule has 1 atom stereocenters. The number of hydrazine groups is 1. The number of hydrogen-bond donors (Lipinski definition) is 3. The van der Waals surface area contributed by atoms with Crippen LogP contribution in [0.15, 0.2) is 41.3 Å². The fourth-order valence-electron chi connectivity index (χ4n) is 4.83. The Morgan fingerprint density at radius 2 is 1.92 bits per heavy atom. The number of nitrogens with zero attached hydrogens (tertiary/aromatic N) is 2. The number of benzene rings is 2. The molecule has 0 bridgehead atoms. The number of rotatable bonds is 7. The van der Waals surface area contributed by atoms with E-state index in [1.165, 1.54) is 18.9 Å². The standard InChI is InChI=1S/C27H33F3N4O2S/c1-4-19-15-21(6-8-24(19)36-14-11-18-9-12-32-13-10-18)34-26(2,3)25(35)37(33-34)22-7-5-20(17-31)23(16-22)27(28,29)30/h5-8,15-16,18,32-33,37H,4,9-14H2,1-3H3. The number of carbonyl (C=O) groups is 1. The van der Waals surface area contributed by atoms with Crippen LogP contribution in [0.4, 0.5) is 18.9 Å². The zero-order valence-electron chi connectivity index (χ0n) is 21.3. The highest BCUT2D eigenvalue weighted by Crippen LogP contribution is 2.48. The van der Waals surface area contributed by atoms with E-state index in [9.17, 15) is 18.0 Å². The van der Waals surface area contributed by atoms with Crippen LogP contribution in [0, 0.1) is 17.2 Å². The summed E-state index contributed by atoms with van der Waals surface area (Å²) in [5, 5.41) is 14.0. The lowest BCUT2D eigenvalue weighted by Crippen LogP contribution is -2.46. The van der Waals surface area contributed by atoms with Crippen LogP contribution >= 0.6 is 11.1 Å². The molecule has 2 fully saturated rings. The monoisotopic (exact) mass is 534 g/mol. The number of thiol groups is 1. The molecule has 0 aliphatic carbocycles. The summed E-state index contributed by atoms with van der Waals surface area (Å²) in [5.41, 5.74) is -0.727. The van der Waals surface area contributed by atoms with Gasteiger partial charge in [0.1, 0.15) is 11.3 Å². The second-order valence-electron chi connectivity index (χ2n) is 9.95. The number of nitrogens with one attached hydrogen (secondary N) is 2. The van der Waals surface area contributed by atoms with Crippen molar-refractivity contribution in [3.63, 3.8) is 0 Å². The van der Waals surface area contributed by atoms with Gasteiger partial charge in [0, 0.05) is 4.90 Å². The van der Waals surface area contributed by atoms with Gasteiger partial charge in [0.25, 0.3) is 0 Å². The SMILES string of the molecule is CCc1cc(N2N[SH](c3ccc(C#N)c(C(F)(F)F)c3)C(=O)C2(C)C)ccc1OCCC1CCNCC1. The van der Waals surface area contributed by atoms with Crippen LogP contribution < -0.4 is 19.9 Å². The average Bonchev–Trinajstić information content (AvgIpc) is 3.12. The summed E-state index contributed by atoms with van der Waals surface area (Å²) < 4.78 is 46.7. The van der Waals surface area contributed by atoms with Crippen LogP contribution in [-0.4, -0.2) is 30.4 Å². The van der Waals surface area contributed by atoms with Gasteiger partial charge >= 0.3 is 6.18 Å². The van der Waals surface area contributed by atoms with E-state index < -0.39 is 33.9 Å². The number of anilines is 1. The molecular weight excluding hydrogens is 501 g/mol. The topological polar surface area (TPSA) is 77.4 Å². The largest absolute Gasteiger partial charge is 0.493 e. The summed E-state index contributed by atoms with van der Waals surface area (Å²) in [6.07, 6.45) is -0.610. The van der Waals surface area contributed by atoms with Crippen LogP contribution in [0.5, 0.6) is 5.75 Å². The van der Waals surface area contributed by atoms with E-state index in [0.717, 1.165) is 55.1 Å². The highest BCUT2D eigenvalue weighted by molar-refractivity contribution is 8.28. The van der Waals surface area contributed by atoms with Gasteiger partial charge in [-0.15, -0.1) is 0 Å². The molecule has 200 valence electrons. The Bertz CT molecular complexity index is 1190. The molecule has 4 rings (SSSR count). The number of hydrogen-bond acceptors (Lipinski definition) is 6. The van der Waals surface area contributed by atoms with Crippen molar-refractivity contribution in [2.24, 2.45) is 5.92 Å². The maximum Gasteiger partial charge on any atom is 0.417 e. The first-order valence-electron chi connectivity index (χ1n) is 12.5. The maximum atomic E-state index is 13.5. The normalized spacial score (nSPS) is 21.2. The van der Waals surface area contributed by atoms with Crippen molar-refractivity contribution >= 4 is 21.9 Å². The number of ether oxygens (including phenoxy) is 1. The lowest BCUT2D eigenvalue weighted by Gasteiger charge is -2.31. The molecule has 0 amide bonds. The quantitative estimate of drug-likeness (QED) is 0.407. The van der Waals surface area contributed by atoms with Crippen LogP contribution in [-0.2, 0) is 17.4 Å². The van der Waals surface area contributed by atoms with Crippen molar-refractivity contribution in [1.29, 1.82) is 5.26 Å². The smallest absolute Gasteiger partial charge is 0.417 e. The van der Waals surface area contributed by atoms with Crippen molar-refractivity contribution in [2.75, 3.05) is 24.7 Å². The first-order valence-corrected chi connectivity index (χ1v) is 13.9. The van der Waals surface area contributed by atoms with Gasteiger partial charge in [-0.25, -0.2) is 0 Å². The maximum absolute atomic E-state index is 13.5. The molecule has 2 aromatic carbocycles. The summed E-state index contributed by atoms with van der Waals surface area (Å²) in [5.74, 6) is 1.48. The van der Waals surface area contributed by atoms with E-state index in [1.54, 1.807) is 24.9 Å². The molecule has 0 saturated carbocycles. The van der Waals surface area contributed by atoms with Crippen LogP contribution in [0.2, 0.25) is 0 Å². The Morgan fingerprint density at radius 3 is 2.57 bits per heavy atom. The fraction of sp³-hybridized carbons (Fsp3) is 0.481. The van der Waals surface area contributed by atoms with Gasteiger partial charge in [0.2, 0.25) is 5.12 Å². The predicted octanol–water partition coefficient (Wildman–Crippen LogP) is 5.51. The minimum absolute atomic E-state index is 0.194. The van der Waals surface area contributed by atoms with Crippen molar-refractivity contribution in [2.45, 2.75) is 63.1 Å². The zero-order valence-corrected chi connectivity index (χ0v) is 22.2. The lowest BCUT2D eigenvalue weighted by molar-refractivity contribution is -0.138. The molecule has 2 aliphatic rings. The van der Waals surface area contributed by atoms with Crippen molar-refractivity contribution in [3.05, 3.63) is 53.1 Å². The van der Waals surface area contributed by atoms with E-state index in [-0.39, 0.29) is 10.0 Å². The molecule has 0 spiro atoms. The van der Waals surface area contributed by atoms with Gasteiger partial charge in [0.05, 0.1) is 29.5 Å². The molecular formula is C27H33F3N4O2S. The minimum atomic E-state index is -4.69. The minimum Gasteiger partial charge on any atom is -0.493 e. The second kappa shape index (κ2) is 10.9. The third kappa shape index (κ3) is 5.74. The third-order valence-corrected chi connectivity index (χ3v) is 9.25. The second-order valence-corrected chi connectivity index (χ2v) is 11.7. The van der Waals surface area contributed by atoms with E-state index in [2.05, 4.69) is 10.1 Å². The molecule has 2 aliphatic heterocycles. The molecule has 2 heterocycles. The van der Waals surface area contributed by atoms with Crippen LogP contribution in [0.25, 0.3) is 0 Å². The van der Waals surface area contributed by atoms with Gasteiger partial charge in [0.15, 0.2) is 0 Å². The number of alkyl halides is 3. The summed E-state index contributed by atoms with van der Waals surface area (Å²) in [7, 11) is 0. The first-order chi connectivity index (χ1) is 17.6. The summed E-state index contributed by atoms with van der Waals surface area (Å²) >= 11 is -1.78. The number of carbonyl (C=O) groups excluding carboxylic acids is 1. The lowest BCUT2D eigenvalue weighted by atomic mass is 9.95. The van der Waals surface area contributed by atoms with E-state index in [0.29, 0.717) is 12.5 Å². The van der Waals surface area contributed by atoms with Gasteiger partial charge in [-0.2, -0.15) is 23.3 Å². The van der Waals surface area contributed by atoms with Crippen LogP contribution in [0.1, 0.15) is 56.7 Å². The van der Waals surface area contributed by atoms with E-state index in [4.69, 9.17) is 10.00 Å². The zero-order chi connectivity index (χ0) is 26.8. The highest BCUT2D eigenvalue weighted by atomic mass is 32.2. The molecule has 1 unspecified atom stereocenters. The van der Waals surface area contributed by atoms with E-state index >= 15 is 0 Å². The Hall–Kier alpha value is -2.74. The molecule has 0 aromatic heterocycles. The average molecular weight is 535 g/mol. The molecule has 2 saturated heterocycles. The molecule has 2 N–H and O–H groups in total. The number of aryl methyl sites for hydroxylation is 1. The van der Waals surface area contributed by atoms with Gasteiger partial charge < -0.3 is 10.1 Å². The molecule has 2 aromatic rings. The van der Waals surface area contributed by atoms with Gasteiger partial charge in [-0.05, 0) is 100 Å². The summed E-state index contributed by atoms with van der Waals surface area (Å²) in [4.78, 5) is 16.8. The highest BCUT2D eigenvalue weighted by Gasteiger charge is 2.47. The van der Waals surface area contributed by atoms with Crippen molar-refractivity contribution in [1.82, 2.24) is 10.1 Å². The van der Waals surface area contributed by atoms with E-state index in [1.807, 2.05) is 25.1 Å². The Balaban J connectivity index is 1.54. The fourth-order valence-corrected chi connectivity index (χ4v) is 6.96. The Morgan fingerprint density at radius 1 is 1.19 bits per heavy atom. The summed E-state index contributed by atoms with van der Waals surface area (Å²) in [6, 6.07) is 10.8. The number of piperidine rings is 1. The van der Waals surface area contributed by atoms with Crippen molar-refractivity contribution in [3.8, 4) is 11.8 Å². The van der Waals surface area contributed by atoms with Gasteiger partial charge in [-0.3, -0.25) is 9.80 Å².